The fourth-order valence-electron chi connectivity index (χ4n) is 4.60. The standard InChI is InChI=1S/C33H66NO8P/c1-6-8-10-12-14-16-17-18-20-22-24-26-33(36)42-31(30-41-43(37,38)40-28-27-34(3,4)5)29-39-32(35)25-23-21-19-15-13-11-9-7-2/h31H,6-30H2,1-5H3/p+1/t31-/m1/s1. The molecule has 0 amide bonds. The van der Waals surface area contributed by atoms with Gasteiger partial charge in [0.1, 0.15) is 19.8 Å². The van der Waals surface area contributed by atoms with Gasteiger partial charge in [0.15, 0.2) is 6.10 Å². The molecule has 0 rings (SSSR count). The van der Waals surface area contributed by atoms with E-state index in [-0.39, 0.29) is 25.6 Å². The van der Waals surface area contributed by atoms with Crippen LogP contribution in [-0.2, 0) is 32.7 Å². The van der Waals surface area contributed by atoms with Gasteiger partial charge in [-0.2, -0.15) is 0 Å². The maximum absolute atomic E-state index is 12.5. The van der Waals surface area contributed by atoms with Crippen LogP contribution in [0.25, 0.3) is 0 Å². The summed E-state index contributed by atoms with van der Waals surface area (Å²) < 4.78 is 34.0. The molecule has 0 aromatic heterocycles. The van der Waals surface area contributed by atoms with Crippen molar-refractivity contribution in [1.29, 1.82) is 0 Å². The number of likely N-dealkylation sites (N-methyl/N-ethyl adjacent to an activating group) is 1. The lowest BCUT2D eigenvalue weighted by Crippen LogP contribution is -2.37. The van der Waals surface area contributed by atoms with Crippen LogP contribution in [0.5, 0.6) is 0 Å². The zero-order chi connectivity index (χ0) is 32.2. The van der Waals surface area contributed by atoms with Crippen LogP contribution in [0.4, 0.5) is 0 Å². The maximum Gasteiger partial charge on any atom is 0.472 e. The summed E-state index contributed by atoms with van der Waals surface area (Å²) in [4.78, 5) is 34.9. The Morgan fingerprint density at radius 3 is 1.49 bits per heavy atom. The molecule has 10 heteroatoms. The van der Waals surface area contributed by atoms with E-state index in [4.69, 9.17) is 18.5 Å². The van der Waals surface area contributed by atoms with E-state index in [1.54, 1.807) is 0 Å². The van der Waals surface area contributed by atoms with Crippen molar-refractivity contribution in [3.05, 3.63) is 0 Å². The number of phosphoric acid groups is 1. The van der Waals surface area contributed by atoms with Crippen molar-refractivity contribution in [3.63, 3.8) is 0 Å². The Labute approximate surface area is 264 Å². The van der Waals surface area contributed by atoms with Crippen LogP contribution in [0.2, 0.25) is 0 Å². The summed E-state index contributed by atoms with van der Waals surface area (Å²) in [5.74, 6) is -0.800. The first-order valence-corrected chi connectivity index (χ1v) is 18.8. The molecule has 0 bridgehead atoms. The van der Waals surface area contributed by atoms with Crippen LogP contribution < -0.4 is 0 Å². The second-order valence-corrected chi connectivity index (χ2v) is 14.4. The Morgan fingerprint density at radius 1 is 0.628 bits per heavy atom. The largest absolute Gasteiger partial charge is 0.472 e. The van der Waals surface area contributed by atoms with Crippen molar-refractivity contribution in [2.45, 2.75) is 155 Å². The van der Waals surface area contributed by atoms with Crippen molar-refractivity contribution >= 4 is 19.8 Å². The molecule has 0 saturated carbocycles. The third-order valence-corrected chi connectivity index (χ3v) is 8.37. The third-order valence-electron chi connectivity index (χ3n) is 7.39. The van der Waals surface area contributed by atoms with Crippen molar-refractivity contribution < 1.29 is 42.1 Å². The molecule has 1 unspecified atom stereocenters. The van der Waals surface area contributed by atoms with E-state index in [0.717, 1.165) is 32.1 Å². The molecule has 1 N–H and O–H groups in total. The summed E-state index contributed by atoms with van der Waals surface area (Å²) >= 11 is 0. The van der Waals surface area contributed by atoms with Crippen molar-refractivity contribution in [2.24, 2.45) is 0 Å². The number of hydrogen-bond acceptors (Lipinski definition) is 7. The fraction of sp³-hybridized carbons (Fsp3) is 0.939. The molecule has 0 aliphatic heterocycles. The number of carbonyl (C=O) groups is 2. The molecular formula is C33H67NO8P+. The summed E-state index contributed by atoms with van der Waals surface area (Å²) in [6.07, 6.45) is 21.6. The number of carbonyl (C=O) groups excluding carboxylic acids is 2. The van der Waals surface area contributed by atoms with E-state index >= 15 is 0 Å². The van der Waals surface area contributed by atoms with Crippen LogP contribution >= 0.6 is 7.82 Å². The molecule has 0 heterocycles. The highest BCUT2D eigenvalue weighted by atomic mass is 31.2. The fourth-order valence-corrected chi connectivity index (χ4v) is 5.34. The van der Waals surface area contributed by atoms with E-state index in [0.29, 0.717) is 23.9 Å². The average Bonchev–Trinajstić information content (AvgIpc) is 2.93. The summed E-state index contributed by atoms with van der Waals surface area (Å²) in [5.41, 5.74) is 0. The average molecular weight is 637 g/mol. The Kier molecular flexibility index (Phi) is 26.7. The minimum Gasteiger partial charge on any atom is -0.462 e. The molecule has 9 nitrogen and oxygen atoms in total. The number of ether oxygens (including phenoxy) is 2. The molecular weight excluding hydrogens is 569 g/mol. The second-order valence-electron chi connectivity index (χ2n) is 12.9. The highest BCUT2D eigenvalue weighted by Gasteiger charge is 2.27. The first-order valence-electron chi connectivity index (χ1n) is 17.3. The quantitative estimate of drug-likeness (QED) is 0.0349. The normalized spacial score (nSPS) is 13.9. The number of esters is 2. The van der Waals surface area contributed by atoms with E-state index in [1.165, 1.54) is 83.5 Å². The molecule has 256 valence electrons. The van der Waals surface area contributed by atoms with E-state index in [2.05, 4.69) is 13.8 Å². The molecule has 0 aromatic carbocycles. The minimum atomic E-state index is -4.35. The lowest BCUT2D eigenvalue weighted by molar-refractivity contribution is -0.870. The van der Waals surface area contributed by atoms with Gasteiger partial charge in [-0.05, 0) is 12.8 Å². The van der Waals surface area contributed by atoms with Crippen molar-refractivity contribution in [1.82, 2.24) is 0 Å². The predicted molar refractivity (Wildman–Crippen MR) is 174 cm³/mol. The van der Waals surface area contributed by atoms with Gasteiger partial charge in [0.2, 0.25) is 0 Å². The lowest BCUT2D eigenvalue weighted by atomic mass is 10.1. The van der Waals surface area contributed by atoms with Crippen molar-refractivity contribution in [2.75, 3.05) is 47.5 Å². The second kappa shape index (κ2) is 27.3. The monoisotopic (exact) mass is 636 g/mol. The molecule has 0 aromatic rings. The number of rotatable bonds is 31. The Balaban J connectivity index is 4.48. The Hall–Kier alpha value is -0.990. The van der Waals surface area contributed by atoms with Crippen LogP contribution in [0.1, 0.15) is 149 Å². The van der Waals surface area contributed by atoms with Gasteiger partial charge in [-0.25, -0.2) is 4.57 Å². The zero-order valence-corrected chi connectivity index (χ0v) is 29.3. The maximum atomic E-state index is 12.5. The zero-order valence-electron chi connectivity index (χ0n) is 28.5. The molecule has 0 aliphatic rings. The third kappa shape index (κ3) is 30.8. The van der Waals surface area contributed by atoms with Crippen molar-refractivity contribution in [3.8, 4) is 0 Å². The van der Waals surface area contributed by atoms with E-state index < -0.39 is 26.5 Å². The Morgan fingerprint density at radius 2 is 1.05 bits per heavy atom. The highest BCUT2D eigenvalue weighted by Crippen LogP contribution is 2.43. The van der Waals surface area contributed by atoms with E-state index in [9.17, 15) is 19.0 Å². The van der Waals surface area contributed by atoms with Crippen LogP contribution in [0.3, 0.4) is 0 Å². The number of unbranched alkanes of at least 4 members (excludes halogenated alkanes) is 17. The summed E-state index contributed by atoms with van der Waals surface area (Å²) in [6, 6.07) is 0. The van der Waals surface area contributed by atoms with Gasteiger partial charge in [0.05, 0.1) is 27.7 Å². The SMILES string of the molecule is CCCCCCCCCCCCCC(=O)O[C@H](COC(=O)CCCCCCCCCC)COP(=O)(O)OCC[N+](C)(C)C. The number of quaternary nitrogens is 1. The molecule has 0 spiro atoms. The molecule has 0 fully saturated rings. The number of nitrogens with zero attached hydrogens (tertiary/aromatic N) is 1. The van der Waals surface area contributed by atoms with E-state index in [1.807, 2.05) is 21.1 Å². The van der Waals surface area contributed by atoms with Gasteiger partial charge in [-0.3, -0.25) is 18.6 Å². The van der Waals surface area contributed by atoms with Gasteiger partial charge in [0, 0.05) is 12.8 Å². The summed E-state index contributed by atoms with van der Waals surface area (Å²) in [6.45, 7) is 4.36. The van der Waals surface area contributed by atoms with Gasteiger partial charge in [0.25, 0.3) is 0 Å². The molecule has 0 saturated heterocycles. The van der Waals surface area contributed by atoms with Gasteiger partial charge >= 0.3 is 19.8 Å². The summed E-state index contributed by atoms with van der Waals surface area (Å²) in [7, 11) is 1.48. The first-order chi connectivity index (χ1) is 20.5. The molecule has 0 aliphatic carbocycles. The minimum absolute atomic E-state index is 0.0359. The topological polar surface area (TPSA) is 108 Å². The predicted octanol–water partition coefficient (Wildman–Crippen LogP) is 8.51. The number of hydrogen-bond donors (Lipinski definition) is 1. The van der Waals surface area contributed by atoms with Crippen LogP contribution in [-0.4, -0.2) is 74.9 Å². The number of phosphoric ester groups is 1. The lowest BCUT2D eigenvalue weighted by Gasteiger charge is -2.24. The van der Waals surface area contributed by atoms with Gasteiger partial charge in [-0.15, -0.1) is 0 Å². The molecule has 2 atom stereocenters. The van der Waals surface area contributed by atoms with Gasteiger partial charge in [-0.1, -0.05) is 123 Å². The summed E-state index contributed by atoms with van der Waals surface area (Å²) in [5, 5.41) is 0. The van der Waals surface area contributed by atoms with Gasteiger partial charge < -0.3 is 18.9 Å². The Bertz CT molecular complexity index is 728. The smallest absolute Gasteiger partial charge is 0.462 e. The van der Waals surface area contributed by atoms with Crippen LogP contribution in [0.15, 0.2) is 0 Å². The first kappa shape index (κ1) is 42.0. The van der Waals surface area contributed by atoms with Crippen LogP contribution in [0, 0.1) is 0 Å². The highest BCUT2D eigenvalue weighted by molar-refractivity contribution is 7.47. The molecule has 43 heavy (non-hydrogen) atoms. The molecule has 0 radical (unpaired) electrons.